The van der Waals surface area contributed by atoms with E-state index in [9.17, 15) is 25.2 Å². The van der Waals surface area contributed by atoms with Crippen LogP contribution in [0.4, 0.5) is 0 Å². The van der Waals surface area contributed by atoms with Crippen LogP contribution in [0.1, 0.15) is 10.4 Å². The Labute approximate surface area is 126 Å². The predicted octanol–water partition coefficient (Wildman–Crippen LogP) is -0.542. The first-order valence-corrected chi connectivity index (χ1v) is 6.82. The summed E-state index contributed by atoms with van der Waals surface area (Å²) in [5, 5.41) is 48.8. The number of rotatable bonds is 6. The molecule has 2 aromatic carbocycles. The molecular formula is C16H18O6. The van der Waals surface area contributed by atoms with Crippen LogP contribution in [-0.4, -0.2) is 62.3 Å². The van der Waals surface area contributed by atoms with Gasteiger partial charge < -0.3 is 25.5 Å². The number of fused-ring (bicyclic) bond motifs is 1. The van der Waals surface area contributed by atoms with Gasteiger partial charge in [-0.05, 0) is 10.8 Å². The molecule has 22 heavy (non-hydrogen) atoms. The average molecular weight is 306 g/mol. The Morgan fingerprint density at radius 1 is 0.909 bits per heavy atom. The average Bonchev–Trinajstić information content (AvgIpc) is 2.57. The molecule has 0 aromatic heterocycles. The highest BCUT2D eigenvalue weighted by Gasteiger charge is 2.34. The minimum Gasteiger partial charge on any atom is -0.394 e. The number of aliphatic hydroxyl groups is 5. The van der Waals surface area contributed by atoms with Crippen molar-refractivity contribution in [3.8, 4) is 0 Å². The van der Waals surface area contributed by atoms with Crippen LogP contribution in [0.15, 0.2) is 42.5 Å². The van der Waals surface area contributed by atoms with E-state index >= 15 is 0 Å². The van der Waals surface area contributed by atoms with Crippen LogP contribution in [-0.2, 0) is 0 Å². The molecule has 0 spiro atoms. The fraction of sp³-hybridized carbons (Fsp3) is 0.312. The Balaban J connectivity index is 2.30. The van der Waals surface area contributed by atoms with Crippen LogP contribution in [0.5, 0.6) is 0 Å². The van der Waals surface area contributed by atoms with E-state index in [0.717, 1.165) is 5.39 Å². The summed E-state index contributed by atoms with van der Waals surface area (Å²) in [7, 11) is 0. The lowest BCUT2D eigenvalue weighted by atomic mass is 9.93. The molecule has 6 nitrogen and oxygen atoms in total. The summed E-state index contributed by atoms with van der Waals surface area (Å²) < 4.78 is 0. The fourth-order valence-corrected chi connectivity index (χ4v) is 2.28. The maximum absolute atomic E-state index is 12.4. The van der Waals surface area contributed by atoms with Crippen molar-refractivity contribution in [3.63, 3.8) is 0 Å². The molecule has 0 aliphatic carbocycles. The first kappa shape index (κ1) is 16.5. The van der Waals surface area contributed by atoms with Gasteiger partial charge in [0.1, 0.15) is 24.4 Å². The molecule has 0 aliphatic rings. The standard InChI is InChI=1S/C16H18O6/c17-8-12(18)14(20)16(22)15(21)13(19)11-7-3-5-9-4-1-2-6-10(9)11/h1-7,12,14-18,20-22H,8H2/t12-,14+,15+,16+/m1/s1. The van der Waals surface area contributed by atoms with Crippen molar-refractivity contribution in [1.82, 2.24) is 0 Å². The summed E-state index contributed by atoms with van der Waals surface area (Å²) >= 11 is 0. The van der Waals surface area contributed by atoms with Crippen molar-refractivity contribution >= 4 is 16.6 Å². The number of hydrogen-bond acceptors (Lipinski definition) is 6. The smallest absolute Gasteiger partial charge is 0.194 e. The van der Waals surface area contributed by atoms with E-state index in [1.165, 1.54) is 6.07 Å². The Bertz CT molecular complexity index is 651. The van der Waals surface area contributed by atoms with Crippen molar-refractivity contribution in [2.75, 3.05) is 6.61 Å². The fourth-order valence-electron chi connectivity index (χ4n) is 2.28. The van der Waals surface area contributed by atoms with Gasteiger partial charge in [-0.25, -0.2) is 0 Å². The minimum atomic E-state index is -1.91. The van der Waals surface area contributed by atoms with Crippen molar-refractivity contribution in [1.29, 1.82) is 0 Å². The Kier molecular flexibility index (Phi) is 5.23. The molecule has 5 N–H and O–H groups in total. The first-order valence-electron chi connectivity index (χ1n) is 6.82. The van der Waals surface area contributed by atoms with E-state index in [4.69, 9.17) is 5.11 Å². The highest BCUT2D eigenvalue weighted by atomic mass is 16.4. The summed E-state index contributed by atoms with van der Waals surface area (Å²) in [6, 6.07) is 12.0. The van der Waals surface area contributed by atoms with Gasteiger partial charge >= 0.3 is 0 Å². The normalized spacial score (nSPS) is 17.0. The van der Waals surface area contributed by atoms with Crippen molar-refractivity contribution in [2.24, 2.45) is 0 Å². The van der Waals surface area contributed by atoms with Gasteiger partial charge in [-0.3, -0.25) is 4.79 Å². The zero-order valence-corrected chi connectivity index (χ0v) is 11.7. The van der Waals surface area contributed by atoms with Gasteiger partial charge in [0.25, 0.3) is 0 Å². The van der Waals surface area contributed by atoms with Crippen molar-refractivity contribution in [3.05, 3.63) is 48.0 Å². The van der Waals surface area contributed by atoms with E-state index in [1.807, 2.05) is 6.07 Å². The molecule has 6 heteroatoms. The van der Waals surface area contributed by atoms with E-state index in [1.54, 1.807) is 30.3 Å². The lowest BCUT2D eigenvalue weighted by Gasteiger charge is -2.25. The molecule has 0 heterocycles. The minimum absolute atomic E-state index is 0.204. The number of hydrogen-bond donors (Lipinski definition) is 5. The van der Waals surface area contributed by atoms with Crippen LogP contribution in [0, 0.1) is 0 Å². The molecule has 0 saturated carbocycles. The highest BCUT2D eigenvalue weighted by Crippen LogP contribution is 2.21. The zero-order valence-electron chi connectivity index (χ0n) is 11.7. The largest absolute Gasteiger partial charge is 0.394 e. The summed E-state index contributed by atoms with van der Waals surface area (Å²) in [5.74, 6) is -0.770. The van der Waals surface area contributed by atoms with Crippen molar-refractivity contribution in [2.45, 2.75) is 24.4 Å². The maximum Gasteiger partial charge on any atom is 0.194 e. The molecule has 0 aliphatic heterocycles. The highest BCUT2D eigenvalue weighted by molar-refractivity contribution is 6.10. The molecule has 4 atom stereocenters. The second kappa shape index (κ2) is 6.95. The summed E-state index contributed by atoms with van der Waals surface area (Å²) in [4.78, 5) is 12.4. The maximum atomic E-state index is 12.4. The molecule has 0 bridgehead atoms. The van der Waals surface area contributed by atoms with Crippen molar-refractivity contribution < 1.29 is 30.3 Å². The number of ketones is 1. The van der Waals surface area contributed by atoms with Crippen LogP contribution >= 0.6 is 0 Å². The van der Waals surface area contributed by atoms with Gasteiger partial charge in [0, 0.05) is 5.56 Å². The predicted molar refractivity (Wildman–Crippen MR) is 79.4 cm³/mol. The molecule has 0 radical (unpaired) electrons. The summed E-state index contributed by atoms with van der Waals surface area (Å²) in [6.45, 7) is -0.798. The molecule has 118 valence electrons. The molecule has 0 fully saturated rings. The molecule has 2 rings (SSSR count). The Morgan fingerprint density at radius 2 is 1.55 bits per heavy atom. The van der Waals surface area contributed by atoms with Gasteiger partial charge in [-0.15, -0.1) is 0 Å². The van der Waals surface area contributed by atoms with Gasteiger partial charge in [-0.1, -0.05) is 42.5 Å². The third-order valence-corrected chi connectivity index (χ3v) is 3.58. The van der Waals surface area contributed by atoms with E-state index in [2.05, 4.69) is 0 Å². The van der Waals surface area contributed by atoms with Crippen LogP contribution < -0.4 is 0 Å². The molecular weight excluding hydrogens is 288 g/mol. The van der Waals surface area contributed by atoms with Gasteiger partial charge in [0.2, 0.25) is 0 Å². The third kappa shape index (κ3) is 3.16. The van der Waals surface area contributed by atoms with Crippen LogP contribution in [0.3, 0.4) is 0 Å². The lowest BCUT2D eigenvalue weighted by Crippen LogP contribution is -2.48. The summed E-state index contributed by atoms with van der Waals surface area (Å²) in [5.41, 5.74) is 0.204. The van der Waals surface area contributed by atoms with Gasteiger partial charge in [-0.2, -0.15) is 0 Å². The van der Waals surface area contributed by atoms with Gasteiger partial charge in [0.05, 0.1) is 6.61 Å². The van der Waals surface area contributed by atoms with E-state index < -0.39 is 36.8 Å². The van der Waals surface area contributed by atoms with Gasteiger partial charge in [0.15, 0.2) is 5.78 Å². The number of carbonyl (C=O) groups is 1. The zero-order chi connectivity index (χ0) is 16.3. The van der Waals surface area contributed by atoms with Crippen LogP contribution in [0.2, 0.25) is 0 Å². The van der Waals surface area contributed by atoms with Crippen LogP contribution in [0.25, 0.3) is 10.8 Å². The Morgan fingerprint density at radius 3 is 2.23 bits per heavy atom. The summed E-state index contributed by atoms with van der Waals surface area (Å²) in [6.07, 6.45) is -7.31. The number of aliphatic hydroxyl groups excluding tert-OH is 5. The number of Topliss-reactive ketones (excluding diaryl/α,β-unsaturated/α-hetero) is 1. The second-order valence-corrected chi connectivity index (χ2v) is 5.07. The molecule has 0 unspecified atom stereocenters. The number of benzene rings is 2. The monoisotopic (exact) mass is 306 g/mol. The first-order chi connectivity index (χ1) is 10.5. The molecule has 2 aromatic rings. The quantitative estimate of drug-likeness (QED) is 0.457. The lowest BCUT2D eigenvalue weighted by molar-refractivity contribution is -0.105. The number of carbonyl (C=O) groups excluding carboxylic acids is 1. The van der Waals surface area contributed by atoms with E-state index in [0.29, 0.717) is 5.39 Å². The second-order valence-electron chi connectivity index (χ2n) is 5.07. The SMILES string of the molecule is O=C(c1cccc2ccccc12)[C@H](O)[C@@H](O)[C@@H](O)[C@H](O)CO. The molecule has 0 saturated heterocycles. The third-order valence-electron chi connectivity index (χ3n) is 3.58. The topological polar surface area (TPSA) is 118 Å². The Hall–Kier alpha value is -1.83. The van der Waals surface area contributed by atoms with E-state index in [-0.39, 0.29) is 5.56 Å². The molecule has 0 amide bonds.